The summed E-state index contributed by atoms with van der Waals surface area (Å²) in [7, 11) is 0. The van der Waals surface area contributed by atoms with Crippen LogP contribution in [0.2, 0.25) is 0 Å². The van der Waals surface area contributed by atoms with E-state index in [1.165, 1.54) is 0 Å². The molecule has 0 saturated heterocycles. The van der Waals surface area contributed by atoms with Gasteiger partial charge in [0.1, 0.15) is 12.6 Å². The number of hydrogen-bond acceptors (Lipinski definition) is 6. The van der Waals surface area contributed by atoms with Crippen LogP contribution >= 0.6 is 0 Å². The van der Waals surface area contributed by atoms with Gasteiger partial charge in [0.15, 0.2) is 5.79 Å². The monoisotopic (exact) mass is 622 g/mol. The zero-order valence-electron chi connectivity index (χ0n) is 25.2. The summed E-state index contributed by atoms with van der Waals surface area (Å²) in [6.07, 6.45) is -1.34. The lowest BCUT2D eigenvalue weighted by atomic mass is 9.76. The minimum atomic E-state index is -2.26. The van der Waals surface area contributed by atoms with E-state index in [1.54, 1.807) is 0 Å². The summed E-state index contributed by atoms with van der Waals surface area (Å²) in [5.41, 5.74) is 1.45. The fraction of sp³-hybridized carbons (Fsp3) is 0.222. The number of carboxylic acid groups (broad SMARTS) is 2. The van der Waals surface area contributed by atoms with E-state index in [0.29, 0.717) is 6.29 Å². The molecule has 0 aromatic heterocycles. The zero-order chi connectivity index (χ0) is 32.8. The molecule has 4 aromatic rings. The van der Waals surface area contributed by atoms with Crippen molar-refractivity contribution in [3.05, 3.63) is 144 Å². The SMILES string of the molecule is O=CC(Cc1ccccc1)NC(Cc1ccccc1)(Cc1ccccc1)C(NC(=O)O)(NC(=O)O)N[C@H](C=O)Cc1ccccc1. The molecule has 10 nitrogen and oxygen atoms in total. The van der Waals surface area contributed by atoms with E-state index < -0.39 is 35.6 Å². The van der Waals surface area contributed by atoms with E-state index in [2.05, 4.69) is 21.3 Å². The van der Waals surface area contributed by atoms with Crippen LogP contribution in [0.25, 0.3) is 0 Å². The Balaban J connectivity index is 1.96. The smallest absolute Gasteiger partial charge is 0.407 e. The van der Waals surface area contributed by atoms with Gasteiger partial charge in [0.2, 0.25) is 0 Å². The molecule has 0 aliphatic heterocycles. The summed E-state index contributed by atoms with van der Waals surface area (Å²) < 4.78 is 0. The van der Waals surface area contributed by atoms with E-state index >= 15 is 0 Å². The van der Waals surface area contributed by atoms with Gasteiger partial charge in [-0.05, 0) is 47.9 Å². The standard InChI is InChI=1S/C36H38N4O6/c41-25-31(21-27-13-5-1-6-14-27)37-35(23-29-17-9-3-10-18-29,24-30-19-11-4-12-20-30)36(39-33(43)44,40-34(45)46)38-32(26-42)22-28-15-7-2-8-16-28/h1-20,25-26,31-32,37-40H,21-24H2,(H,43,44)(H,45,46)/t31?,32-/m0/s1. The van der Waals surface area contributed by atoms with Gasteiger partial charge in [-0.1, -0.05) is 121 Å². The molecule has 4 aromatic carbocycles. The minimum Gasteiger partial charge on any atom is -0.465 e. The van der Waals surface area contributed by atoms with Gasteiger partial charge in [0, 0.05) is 0 Å². The molecular weight excluding hydrogens is 584 g/mol. The molecule has 2 atom stereocenters. The van der Waals surface area contributed by atoms with Gasteiger partial charge in [0.05, 0.1) is 17.6 Å². The topological polar surface area (TPSA) is 157 Å². The van der Waals surface area contributed by atoms with Gasteiger partial charge in [0.25, 0.3) is 0 Å². The van der Waals surface area contributed by atoms with Crippen molar-refractivity contribution in [1.29, 1.82) is 0 Å². The summed E-state index contributed by atoms with van der Waals surface area (Å²) in [5, 5.41) is 31.9. The molecule has 0 heterocycles. The Hall–Kier alpha value is -5.32. The Labute approximate surface area is 267 Å². The van der Waals surface area contributed by atoms with E-state index in [4.69, 9.17) is 0 Å². The summed E-state index contributed by atoms with van der Waals surface area (Å²) >= 11 is 0. The molecule has 0 saturated carbocycles. The number of nitrogens with one attached hydrogen (secondary N) is 4. The maximum atomic E-state index is 12.8. The Bertz CT molecular complexity index is 1500. The molecule has 1 unspecified atom stereocenters. The third-order valence-electron chi connectivity index (χ3n) is 7.79. The lowest BCUT2D eigenvalue weighted by Crippen LogP contribution is -2.86. The van der Waals surface area contributed by atoms with Gasteiger partial charge in [-0.15, -0.1) is 0 Å². The predicted octanol–water partition coefficient (Wildman–Crippen LogP) is 4.20. The molecular formula is C36H38N4O6. The first-order valence-corrected chi connectivity index (χ1v) is 14.9. The largest absolute Gasteiger partial charge is 0.465 e. The third-order valence-corrected chi connectivity index (χ3v) is 7.79. The molecule has 6 N–H and O–H groups in total. The molecule has 10 heteroatoms. The highest BCUT2D eigenvalue weighted by Crippen LogP contribution is 2.30. The van der Waals surface area contributed by atoms with Crippen LogP contribution in [-0.4, -0.2) is 58.4 Å². The van der Waals surface area contributed by atoms with Gasteiger partial charge < -0.3 is 19.8 Å². The quantitative estimate of drug-likeness (QED) is 0.0756. The number of rotatable bonds is 17. The van der Waals surface area contributed by atoms with Gasteiger partial charge >= 0.3 is 12.2 Å². The Kier molecular flexibility index (Phi) is 11.8. The maximum Gasteiger partial charge on any atom is 0.407 e. The molecule has 0 aliphatic rings. The van der Waals surface area contributed by atoms with Crippen molar-refractivity contribution < 1.29 is 29.4 Å². The van der Waals surface area contributed by atoms with E-state index in [0.717, 1.165) is 28.5 Å². The van der Waals surface area contributed by atoms with E-state index in [-0.39, 0.29) is 25.7 Å². The Morgan fingerprint density at radius 1 is 0.543 bits per heavy atom. The summed E-state index contributed by atoms with van der Waals surface area (Å²) in [6.45, 7) is 0. The Morgan fingerprint density at radius 2 is 0.870 bits per heavy atom. The number of amides is 2. The number of carbonyl (C=O) groups excluding carboxylic acids is 2. The second-order valence-electron chi connectivity index (χ2n) is 11.2. The van der Waals surface area contributed by atoms with E-state index in [1.807, 2.05) is 121 Å². The third kappa shape index (κ3) is 9.10. The van der Waals surface area contributed by atoms with Crippen molar-refractivity contribution >= 4 is 24.8 Å². The van der Waals surface area contributed by atoms with Crippen LogP contribution in [-0.2, 0) is 35.3 Å². The second kappa shape index (κ2) is 16.1. The van der Waals surface area contributed by atoms with E-state index in [9.17, 15) is 29.4 Å². The van der Waals surface area contributed by atoms with Crippen molar-refractivity contribution in [1.82, 2.24) is 21.3 Å². The summed E-state index contributed by atoms with van der Waals surface area (Å²) in [6, 6.07) is 34.7. The first-order valence-electron chi connectivity index (χ1n) is 14.9. The van der Waals surface area contributed by atoms with Crippen molar-refractivity contribution in [2.75, 3.05) is 0 Å². The average Bonchev–Trinajstić information content (AvgIpc) is 3.05. The lowest BCUT2D eigenvalue weighted by molar-refractivity contribution is -0.112. The normalized spacial score (nSPS) is 12.8. The van der Waals surface area contributed by atoms with Crippen LogP contribution in [0, 0.1) is 0 Å². The van der Waals surface area contributed by atoms with Crippen LogP contribution in [0.5, 0.6) is 0 Å². The van der Waals surface area contributed by atoms with Gasteiger partial charge in [-0.3, -0.25) is 21.3 Å². The van der Waals surface area contributed by atoms with Crippen LogP contribution in [0.15, 0.2) is 121 Å². The average molecular weight is 623 g/mol. The fourth-order valence-electron chi connectivity index (χ4n) is 5.86. The van der Waals surface area contributed by atoms with Crippen LogP contribution in [0.1, 0.15) is 22.3 Å². The first kappa shape index (κ1) is 33.6. The highest BCUT2D eigenvalue weighted by atomic mass is 16.4. The number of hydrogen-bond donors (Lipinski definition) is 6. The molecule has 0 radical (unpaired) electrons. The molecule has 238 valence electrons. The first-order chi connectivity index (χ1) is 22.3. The summed E-state index contributed by atoms with van der Waals surface area (Å²) in [5.74, 6) is -2.26. The van der Waals surface area contributed by atoms with Crippen molar-refractivity contribution in [3.63, 3.8) is 0 Å². The number of benzene rings is 4. The number of carbonyl (C=O) groups is 4. The lowest BCUT2D eigenvalue weighted by Gasteiger charge is -2.53. The van der Waals surface area contributed by atoms with Crippen LogP contribution in [0.3, 0.4) is 0 Å². The van der Waals surface area contributed by atoms with Crippen molar-refractivity contribution in [2.45, 2.75) is 49.1 Å². The minimum absolute atomic E-state index is 0.0341. The maximum absolute atomic E-state index is 12.8. The highest BCUT2D eigenvalue weighted by molar-refractivity contribution is 5.71. The molecule has 4 rings (SSSR count). The molecule has 0 fully saturated rings. The van der Waals surface area contributed by atoms with Crippen LogP contribution in [0.4, 0.5) is 9.59 Å². The molecule has 2 amide bonds. The molecule has 0 aliphatic carbocycles. The summed E-state index contributed by atoms with van der Waals surface area (Å²) in [4.78, 5) is 50.7. The van der Waals surface area contributed by atoms with Gasteiger partial charge in [-0.2, -0.15) is 0 Å². The highest BCUT2D eigenvalue weighted by Gasteiger charge is 2.56. The second-order valence-corrected chi connectivity index (χ2v) is 11.2. The molecule has 0 bridgehead atoms. The van der Waals surface area contributed by atoms with Gasteiger partial charge in [-0.25, -0.2) is 9.59 Å². The Morgan fingerprint density at radius 3 is 1.20 bits per heavy atom. The number of aldehydes is 2. The van der Waals surface area contributed by atoms with Crippen molar-refractivity contribution in [2.24, 2.45) is 0 Å². The molecule has 0 spiro atoms. The van der Waals surface area contributed by atoms with Crippen molar-refractivity contribution in [3.8, 4) is 0 Å². The fourth-order valence-corrected chi connectivity index (χ4v) is 5.86. The predicted molar refractivity (Wildman–Crippen MR) is 174 cm³/mol. The molecule has 46 heavy (non-hydrogen) atoms. The van der Waals surface area contributed by atoms with Crippen LogP contribution < -0.4 is 21.3 Å². The zero-order valence-corrected chi connectivity index (χ0v) is 25.2.